The van der Waals surface area contributed by atoms with Crippen molar-refractivity contribution in [3.8, 4) is 0 Å². The van der Waals surface area contributed by atoms with Crippen molar-refractivity contribution in [3.63, 3.8) is 0 Å². The molecule has 3 heteroatoms. The second kappa shape index (κ2) is 6.17. The summed E-state index contributed by atoms with van der Waals surface area (Å²) >= 11 is 0. The molecule has 23 heavy (non-hydrogen) atoms. The van der Waals surface area contributed by atoms with Crippen LogP contribution in [0.5, 0.6) is 0 Å². The SMILES string of the molecule is O=C(C1CCCc2ccccc21)N1CCNCc2ccccc21. The van der Waals surface area contributed by atoms with E-state index in [0.29, 0.717) is 0 Å². The third-order valence-electron chi connectivity index (χ3n) is 5.04. The van der Waals surface area contributed by atoms with Crippen LogP contribution in [0.2, 0.25) is 0 Å². The van der Waals surface area contributed by atoms with Crippen LogP contribution in [-0.2, 0) is 17.8 Å². The highest BCUT2D eigenvalue weighted by Crippen LogP contribution is 2.35. The molecule has 4 rings (SSSR count). The molecule has 0 spiro atoms. The molecule has 0 saturated carbocycles. The number of amides is 1. The lowest BCUT2D eigenvalue weighted by Crippen LogP contribution is -2.39. The summed E-state index contributed by atoms with van der Waals surface area (Å²) in [5.74, 6) is 0.263. The van der Waals surface area contributed by atoms with Crippen LogP contribution in [0.3, 0.4) is 0 Å². The van der Waals surface area contributed by atoms with Gasteiger partial charge in [-0.05, 0) is 42.0 Å². The molecule has 2 aromatic carbocycles. The topological polar surface area (TPSA) is 32.3 Å². The molecule has 2 aliphatic rings. The summed E-state index contributed by atoms with van der Waals surface area (Å²) in [5.41, 5.74) is 4.87. The highest BCUT2D eigenvalue weighted by atomic mass is 16.2. The Morgan fingerprint density at radius 2 is 1.83 bits per heavy atom. The molecule has 1 heterocycles. The molecular formula is C20H22N2O. The second-order valence-electron chi connectivity index (χ2n) is 6.44. The number of rotatable bonds is 1. The van der Waals surface area contributed by atoms with E-state index in [0.717, 1.165) is 44.6 Å². The van der Waals surface area contributed by atoms with Crippen molar-refractivity contribution >= 4 is 11.6 Å². The van der Waals surface area contributed by atoms with E-state index in [1.54, 1.807) is 0 Å². The largest absolute Gasteiger partial charge is 0.311 e. The van der Waals surface area contributed by atoms with Crippen LogP contribution in [0.15, 0.2) is 48.5 Å². The zero-order valence-electron chi connectivity index (χ0n) is 13.3. The summed E-state index contributed by atoms with van der Waals surface area (Å²) in [6.45, 7) is 2.42. The van der Waals surface area contributed by atoms with E-state index in [9.17, 15) is 4.79 Å². The van der Waals surface area contributed by atoms with Gasteiger partial charge in [0.25, 0.3) is 0 Å². The van der Waals surface area contributed by atoms with Crippen LogP contribution < -0.4 is 10.2 Å². The maximum Gasteiger partial charge on any atom is 0.234 e. The lowest BCUT2D eigenvalue weighted by Gasteiger charge is -2.31. The highest BCUT2D eigenvalue weighted by molar-refractivity contribution is 5.99. The van der Waals surface area contributed by atoms with Gasteiger partial charge in [-0.15, -0.1) is 0 Å². The van der Waals surface area contributed by atoms with Gasteiger partial charge in [-0.25, -0.2) is 0 Å². The number of anilines is 1. The number of carbonyl (C=O) groups is 1. The number of nitrogens with one attached hydrogen (secondary N) is 1. The highest BCUT2D eigenvalue weighted by Gasteiger charge is 2.31. The molecule has 0 bridgehead atoms. The van der Waals surface area contributed by atoms with Crippen molar-refractivity contribution in [1.29, 1.82) is 0 Å². The van der Waals surface area contributed by atoms with Gasteiger partial charge in [-0.1, -0.05) is 42.5 Å². The van der Waals surface area contributed by atoms with Crippen LogP contribution in [0.1, 0.15) is 35.4 Å². The van der Waals surface area contributed by atoms with Crippen molar-refractivity contribution in [2.75, 3.05) is 18.0 Å². The third-order valence-corrected chi connectivity index (χ3v) is 5.04. The van der Waals surface area contributed by atoms with Crippen LogP contribution in [0.25, 0.3) is 0 Å². The van der Waals surface area contributed by atoms with Crippen molar-refractivity contribution in [2.24, 2.45) is 0 Å². The zero-order valence-corrected chi connectivity index (χ0v) is 13.3. The number of aryl methyl sites for hydroxylation is 1. The Kier molecular flexibility index (Phi) is 3.88. The molecule has 1 aliphatic heterocycles. The Morgan fingerprint density at radius 1 is 1.04 bits per heavy atom. The molecule has 1 atom stereocenters. The fourth-order valence-electron chi connectivity index (χ4n) is 3.89. The molecule has 3 nitrogen and oxygen atoms in total. The quantitative estimate of drug-likeness (QED) is 0.877. The number of hydrogen-bond donors (Lipinski definition) is 1. The van der Waals surface area contributed by atoms with Gasteiger partial charge in [0, 0.05) is 25.3 Å². The van der Waals surface area contributed by atoms with Crippen molar-refractivity contribution in [1.82, 2.24) is 5.32 Å². The zero-order chi connectivity index (χ0) is 15.6. The van der Waals surface area contributed by atoms with E-state index >= 15 is 0 Å². The number of fused-ring (bicyclic) bond motifs is 2. The van der Waals surface area contributed by atoms with Gasteiger partial charge in [-0.3, -0.25) is 4.79 Å². The molecule has 2 aromatic rings. The predicted molar refractivity (Wildman–Crippen MR) is 92.6 cm³/mol. The smallest absolute Gasteiger partial charge is 0.234 e. The second-order valence-corrected chi connectivity index (χ2v) is 6.44. The normalized spacial score (nSPS) is 20.3. The van der Waals surface area contributed by atoms with Gasteiger partial charge in [0.05, 0.1) is 5.92 Å². The lowest BCUT2D eigenvalue weighted by atomic mass is 9.82. The first-order valence-corrected chi connectivity index (χ1v) is 8.52. The predicted octanol–water partition coefficient (Wildman–Crippen LogP) is 3.24. The molecule has 118 valence electrons. The number of para-hydroxylation sites is 1. The van der Waals surface area contributed by atoms with Gasteiger partial charge in [0.2, 0.25) is 5.91 Å². The Bertz CT molecular complexity index is 725. The average molecular weight is 306 g/mol. The fourth-order valence-corrected chi connectivity index (χ4v) is 3.89. The monoisotopic (exact) mass is 306 g/mol. The Hall–Kier alpha value is -2.13. The molecule has 1 unspecified atom stereocenters. The standard InChI is InChI=1S/C20H22N2O/c23-20(18-10-5-8-15-6-1-3-9-17(15)18)22-13-12-21-14-16-7-2-4-11-19(16)22/h1-4,6-7,9,11,18,21H,5,8,10,12-14H2. The maximum absolute atomic E-state index is 13.3. The Balaban J connectivity index is 1.70. The van der Waals surface area contributed by atoms with Gasteiger partial charge in [0.15, 0.2) is 0 Å². The summed E-state index contributed by atoms with van der Waals surface area (Å²) in [4.78, 5) is 15.3. The van der Waals surface area contributed by atoms with E-state index in [4.69, 9.17) is 0 Å². The Morgan fingerprint density at radius 3 is 2.74 bits per heavy atom. The van der Waals surface area contributed by atoms with Crippen LogP contribution >= 0.6 is 0 Å². The molecule has 1 amide bonds. The van der Waals surface area contributed by atoms with Crippen molar-refractivity contribution < 1.29 is 4.79 Å². The summed E-state index contributed by atoms with van der Waals surface area (Å²) in [6.07, 6.45) is 3.15. The van der Waals surface area contributed by atoms with Crippen molar-refractivity contribution in [2.45, 2.75) is 31.7 Å². The van der Waals surface area contributed by atoms with Gasteiger partial charge in [0.1, 0.15) is 0 Å². The molecular weight excluding hydrogens is 284 g/mol. The maximum atomic E-state index is 13.3. The minimum atomic E-state index is 0.00565. The van der Waals surface area contributed by atoms with Crippen molar-refractivity contribution in [3.05, 3.63) is 65.2 Å². The number of hydrogen-bond acceptors (Lipinski definition) is 2. The number of nitrogens with zero attached hydrogens (tertiary/aromatic N) is 1. The summed E-state index contributed by atoms with van der Waals surface area (Å²) in [5, 5.41) is 3.42. The van der Waals surface area contributed by atoms with E-state index in [2.05, 4.69) is 41.7 Å². The lowest BCUT2D eigenvalue weighted by molar-refractivity contribution is -0.120. The van der Waals surface area contributed by atoms with E-state index in [1.165, 1.54) is 16.7 Å². The molecule has 0 saturated heterocycles. The van der Waals surface area contributed by atoms with Gasteiger partial charge < -0.3 is 10.2 Å². The number of carbonyl (C=O) groups excluding carboxylic acids is 1. The first-order chi connectivity index (χ1) is 11.3. The first-order valence-electron chi connectivity index (χ1n) is 8.52. The molecule has 0 aromatic heterocycles. The van der Waals surface area contributed by atoms with Gasteiger partial charge >= 0.3 is 0 Å². The fraction of sp³-hybridized carbons (Fsp3) is 0.350. The summed E-state index contributed by atoms with van der Waals surface area (Å²) in [6, 6.07) is 16.7. The number of benzene rings is 2. The van der Waals surface area contributed by atoms with Crippen LogP contribution in [-0.4, -0.2) is 19.0 Å². The third kappa shape index (κ3) is 2.66. The van der Waals surface area contributed by atoms with Crippen LogP contribution in [0, 0.1) is 0 Å². The molecule has 0 radical (unpaired) electrons. The van der Waals surface area contributed by atoms with E-state index in [-0.39, 0.29) is 11.8 Å². The Labute approximate surface area is 137 Å². The molecule has 1 N–H and O–H groups in total. The first kappa shape index (κ1) is 14.5. The summed E-state index contributed by atoms with van der Waals surface area (Å²) in [7, 11) is 0. The minimum absolute atomic E-state index is 0.00565. The average Bonchev–Trinajstić information content (AvgIpc) is 2.83. The van der Waals surface area contributed by atoms with E-state index < -0.39 is 0 Å². The molecule has 1 aliphatic carbocycles. The van der Waals surface area contributed by atoms with Gasteiger partial charge in [-0.2, -0.15) is 0 Å². The van der Waals surface area contributed by atoms with Crippen LogP contribution in [0.4, 0.5) is 5.69 Å². The summed E-state index contributed by atoms with van der Waals surface area (Å²) < 4.78 is 0. The molecule has 0 fully saturated rings. The minimum Gasteiger partial charge on any atom is -0.311 e. The van der Waals surface area contributed by atoms with E-state index in [1.807, 2.05) is 17.0 Å².